The van der Waals surface area contributed by atoms with Gasteiger partial charge in [-0.3, -0.25) is 0 Å². The number of rotatable bonds is 2. The van der Waals surface area contributed by atoms with E-state index in [9.17, 15) is 0 Å². The van der Waals surface area contributed by atoms with Crippen LogP contribution in [0.4, 0.5) is 0 Å². The fourth-order valence-corrected chi connectivity index (χ4v) is 2.89. The molecule has 2 aromatic carbocycles. The summed E-state index contributed by atoms with van der Waals surface area (Å²) in [6, 6.07) is 15.3. The fraction of sp³-hybridized carbons (Fsp3) is 0.375. The highest BCUT2D eigenvalue weighted by Gasteiger charge is 2.21. The Morgan fingerprint density at radius 3 is 2.42 bits per heavy atom. The number of piperidine rings is 1. The molecule has 2 nitrogen and oxygen atoms in total. The highest BCUT2D eigenvalue weighted by Crippen LogP contribution is 2.28. The topological polar surface area (TPSA) is 38.0 Å². The molecule has 102 valence electrons. The lowest BCUT2D eigenvalue weighted by molar-refractivity contribution is 0.322. The van der Waals surface area contributed by atoms with Crippen molar-refractivity contribution in [2.75, 3.05) is 13.1 Å². The third-order valence-electron chi connectivity index (χ3n) is 4.05. The number of benzene rings is 2. The van der Waals surface area contributed by atoms with E-state index in [1.54, 1.807) is 0 Å². The van der Waals surface area contributed by atoms with Gasteiger partial charge in [0.15, 0.2) is 0 Å². The summed E-state index contributed by atoms with van der Waals surface area (Å²) in [6.45, 7) is 2.21. The van der Waals surface area contributed by atoms with Gasteiger partial charge in [0.25, 0.3) is 0 Å². The zero-order valence-electron chi connectivity index (χ0n) is 11.0. The van der Waals surface area contributed by atoms with E-state index in [4.69, 9.17) is 5.73 Å². The predicted molar refractivity (Wildman–Crippen MR) is 83.7 cm³/mol. The minimum absolute atomic E-state index is 0. The molecule has 0 spiro atoms. The zero-order chi connectivity index (χ0) is 12.4. The second-order valence-corrected chi connectivity index (χ2v) is 5.22. The van der Waals surface area contributed by atoms with E-state index in [0.717, 1.165) is 13.1 Å². The van der Waals surface area contributed by atoms with Crippen LogP contribution in [0.25, 0.3) is 10.8 Å². The SMILES string of the molecule is Cl.N[C@@H](c1ccc2ccccc2c1)C1CCNCC1. The van der Waals surface area contributed by atoms with Crippen molar-refractivity contribution in [1.29, 1.82) is 0 Å². The molecule has 3 N–H and O–H groups in total. The largest absolute Gasteiger partial charge is 0.324 e. The van der Waals surface area contributed by atoms with Gasteiger partial charge in [-0.2, -0.15) is 0 Å². The Morgan fingerprint density at radius 2 is 1.68 bits per heavy atom. The Balaban J connectivity index is 0.00000133. The van der Waals surface area contributed by atoms with Gasteiger partial charge >= 0.3 is 0 Å². The second kappa shape index (κ2) is 6.38. The van der Waals surface area contributed by atoms with Crippen molar-refractivity contribution in [2.45, 2.75) is 18.9 Å². The summed E-state index contributed by atoms with van der Waals surface area (Å²) in [6.07, 6.45) is 2.38. The molecular weight excluding hydrogens is 256 g/mol. The van der Waals surface area contributed by atoms with Crippen LogP contribution in [-0.4, -0.2) is 13.1 Å². The Labute approximate surface area is 120 Å². The molecule has 0 bridgehead atoms. The molecule has 0 unspecified atom stereocenters. The number of halogens is 1. The maximum absolute atomic E-state index is 6.43. The molecule has 1 saturated heterocycles. The van der Waals surface area contributed by atoms with Gasteiger partial charge in [-0.15, -0.1) is 12.4 Å². The normalized spacial score (nSPS) is 17.9. The molecule has 0 aromatic heterocycles. The number of fused-ring (bicyclic) bond motifs is 1. The highest BCUT2D eigenvalue weighted by atomic mass is 35.5. The van der Waals surface area contributed by atoms with Gasteiger partial charge in [-0.05, 0) is 54.3 Å². The van der Waals surface area contributed by atoms with Crippen LogP contribution >= 0.6 is 12.4 Å². The first-order chi connectivity index (χ1) is 8.84. The summed E-state index contributed by atoms with van der Waals surface area (Å²) in [7, 11) is 0. The maximum Gasteiger partial charge on any atom is 0.0324 e. The van der Waals surface area contributed by atoms with E-state index < -0.39 is 0 Å². The van der Waals surface area contributed by atoms with Crippen LogP contribution < -0.4 is 11.1 Å². The van der Waals surface area contributed by atoms with Gasteiger partial charge < -0.3 is 11.1 Å². The number of nitrogens with two attached hydrogens (primary N) is 1. The number of nitrogens with one attached hydrogen (secondary N) is 1. The van der Waals surface area contributed by atoms with Crippen molar-refractivity contribution >= 4 is 23.2 Å². The molecule has 1 heterocycles. The van der Waals surface area contributed by atoms with Gasteiger partial charge in [0.05, 0.1) is 0 Å². The molecular formula is C16H21ClN2. The van der Waals surface area contributed by atoms with Crippen LogP contribution in [0.3, 0.4) is 0 Å². The van der Waals surface area contributed by atoms with Crippen molar-refractivity contribution in [2.24, 2.45) is 11.7 Å². The second-order valence-electron chi connectivity index (χ2n) is 5.22. The first-order valence-corrected chi connectivity index (χ1v) is 6.79. The monoisotopic (exact) mass is 276 g/mol. The molecule has 1 atom stereocenters. The van der Waals surface area contributed by atoms with Crippen molar-refractivity contribution in [3.05, 3.63) is 48.0 Å². The van der Waals surface area contributed by atoms with Crippen LogP contribution in [0.15, 0.2) is 42.5 Å². The summed E-state index contributed by atoms with van der Waals surface area (Å²) < 4.78 is 0. The van der Waals surface area contributed by atoms with Crippen molar-refractivity contribution in [3.63, 3.8) is 0 Å². The smallest absolute Gasteiger partial charge is 0.0324 e. The average Bonchev–Trinajstić information content (AvgIpc) is 2.47. The lowest BCUT2D eigenvalue weighted by Crippen LogP contribution is -2.33. The highest BCUT2D eigenvalue weighted by molar-refractivity contribution is 5.85. The van der Waals surface area contributed by atoms with Gasteiger partial charge in [-0.25, -0.2) is 0 Å². The van der Waals surface area contributed by atoms with Gasteiger partial charge in [-0.1, -0.05) is 36.4 Å². The number of hydrogen-bond acceptors (Lipinski definition) is 2. The Morgan fingerprint density at radius 1 is 1.00 bits per heavy atom. The minimum Gasteiger partial charge on any atom is -0.324 e. The van der Waals surface area contributed by atoms with E-state index in [-0.39, 0.29) is 18.4 Å². The lowest BCUT2D eigenvalue weighted by Gasteiger charge is -2.28. The van der Waals surface area contributed by atoms with Crippen LogP contribution in [0.1, 0.15) is 24.4 Å². The number of hydrogen-bond donors (Lipinski definition) is 2. The molecule has 1 aliphatic heterocycles. The van der Waals surface area contributed by atoms with Crippen molar-refractivity contribution in [3.8, 4) is 0 Å². The molecule has 0 radical (unpaired) electrons. The Bertz CT molecular complexity index is 535. The molecule has 0 saturated carbocycles. The third kappa shape index (κ3) is 3.08. The van der Waals surface area contributed by atoms with Crippen molar-refractivity contribution in [1.82, 2.24) is 5.32 Å². The third-order valence-corrected chi connectivity index (χ3v) is 4.05. The summed E-state index contributed by atoms with van der Waals surface area (Å²) in [4.78, 5) is 0. The van der Waals surface area contributed by atoms with Crippen molar-refractivity contribution < 1.29 is 0 Å². The molecule has 0 amide bonds. The van der Waals surface area contributed by atoms with Gasteiger partial charge in [0.1, 0.15) is 0 Å². The van der Waals surface area contributed by atoms with E-state index >= 15 is 0 Å². The Hall–Kier alpha value is -1.09. The Kier molecular flexibility index (Phi) is 4.81. The molecule has 0 aliphatic carbocycles. The van der Waals surface area contributed by atoms with E-state index in [1.165, 1.54) is 29.2 Å². The van der Waals surface area contributed by atoms with Crippen LogP contribution in [-0.2, 0) is 0 Å². The summed E-state index contributed by atoms with van der Waals surface area (Å²) >= 11 is 0. The first kappa shape index (κ1) is 14.3. The zero-order valence-corrected chi connectivity index (χ0v) is 11.8. The summed E-state index contributed by atoms with van der Waals surface area (Å²) in [5.74, 6) is 0.618. The fourth-order valence-electron chi connectivity index (χ4n) is 2.89. The van der Waals surface area contributed by atoms with Gasteiger partial charge in [0.2, 0.25) is 0 Å². The standard InChI is InChI=1S/C16H20N2.ClH/c17-16(13-7-9-18-10-8-13)15-6-5-12-3-1-2-4-14(12)11-15;/h1-6,11,13,16,18H,7-10,17H2;1H/t16-;/m1./s1. The quantitative estimate of drug-likeness (QED) is 0.884. The predicted octanol–water partition coefficient (Wildman–Crippen LogP) is 3.26. The van der Waals surface area contributed by atoms with E-state index in [2.05, 4.69) is 47.8 Å². The molecule has 19 heavy (non-hydrogen) atoms. The first-order valence-electron chi connectivity index (χ1n) is 6.79. The van der Waals surface area contributed by atoms with Gasteiger partial charge in [0, 0.05) is 6.04 Å². The summed E-state index contributed by atoms with van der Waals surface area (Å²) in [5, 5.41) is 5.98. The lowest BCUT2D eigenvalue weighted by atomic mass is 9.86. The molecule has 3 rings (SSSR count). The molecule has 1 fully saturated rings. The maximum atomic E-state index is 6.43. The van der Waals surface area contributed by atoms with Crippen LogP contribution in [0, 0.1) is 5.92 Å². The van der Waals surface area contributed by atoms with E-state index in [0.29, 0.717) is 5.92 Å². The average molecular weight is 277 g/mol. The molecule has 1 aliphatic rings. The summed E-state index contributed by atoms with van der Waals surface area (Å²) in [5.41, 5.74) is 7.71. The molecule has 3 heteroatoms. The molecule has 2 aromatic rings. The van der Waals surface area contributed by atoms with E-state index in [1.807, 2.05) is 0 Å². The van der Waals surface area contributed by atoms with Crippen LogP contribution in [0.2, 0.25) is 0 Å². The van der Waals surface area contributed by atoms with Crippen LogP contribution in [0.5, 0.6) is 0 Å². The minimum atomic E-state index is 0.